The zero-order valence-corrected chi connectivity index (χ0v) is 14.2. The molecular weight excluding hydrogens is 336 g/mol. The molecule has 0 unspecified atom stereocenters. The third-order valence-electron chi connectivity index (χ3n) is 3.82. The van der Waals surface area contributed by atoms with Gasteiger partial charge in [0.1, 0.15) is 10.8 Å². The van der Waals surface area contributed by atoms with Crippen molar-refractivity contribution in [3.05, 3.63) is 88.3 Å². The second kappa shape index (κ2) is 5.51. The van der Waals surface area contributed by atoms with Gasteiger partial charge in [-0.2, -0.15) is 0 Å². The Kier molecular flexibility index (Phi) is 3.18. The summed E-state index contributed by atoms with van der Waals surface area (Å²) in [5.74, 6) is 0. The molecule has 5 rings (SSSR count). The zero-order chi connectivity index (χ0) is 15.9. The van der Waals surface area contributed by atoms with Crippen molar-refractivity contribution in [2.24, 2.45) is 0 Å². The van der Waals surface area contributed by atoms with Crippen molar-refractivity contribution in [3.8, 4) is 0 Å². The van der Waals surface area contributed by atoms with E-state index in [4.69, 9.17) is 8.83 Å². The molecule has 0 atom stereocenters. The van der Waals surface area contributed by atoms with Gasteiger partial charge >= 0.3 is 0 Å². The van der Waals surface area contributed by atoms with Gasteiger partial charge in [-0.3, -0.25) is 0 Å². The third-order valence-corrected chi connectivity index (χ3v) is 6.11. The second-order valence-electron chi connectivity index (χ2n) is 5.47. The van der Waals surface area contributed by atoms with Crippen LogP contribution in [0.15, 0.2) is 57.4 Å². The quantitative estimate of drug-likeness (QED) is 0.488. The maximum absolute atomic E-state index is 5.86. The Morgan fingerprint density at radius 1 is 0.500 bits per heavy atom. The van der Waals surface area contributed by atoms with Crippen molar-refractivity contribution in [1.82, 2.24) is 0 Å². The lowest BCUT2D eigenvalue weighted by atomic mass is 10.4. The van der Waals surface area contributed by atoms with Crippen LogP contribution in [0.3, 0.4) is 0 Å². The van der Waals surface area contributed by atoms with E-state index in [0.717, 1.165) is 21.7 Å². The lowest BCUT2D eigenvalue weighted by molar-refractivity contribution is 0.449. The van der Waals surface area contributed by atoms with Crippen molar-refractivity contribution in [2.45, 2.75) is 0 Å². The van der Waals surface area contributed by atoms with Gasteiger partial charge in [-0.05, 0) is 72.8 Å². The van der Waals surface area contributed by atoms with Crippen LogP contribution in [-0.2, 0) is 0 Å². The monoisotopic (exact) mass is 348 g/mol. The first-order chi connectivity index (χ1) is 11.8. The first-order valence-corrected chi connectivity index (χ1v) is 9.23. The number of fused-ring (bicyclic) bond motifs is 8. The molecule has 1 aliphatic rings. The number of hydrogen-bond donors (Lipinski definition) is 0. The van der Waals surface area contributed by atoms with Crippen molar-refractivity contribution >= 4 is 47.0 Å². The lowest BCUT2D eigenvalue weighted by Gasteiger charge is -1.77. The Balaban J connectivity index is 1.96. The van der Waals surface area contributed by atoms with Gasteiger partial charge in [-0.15, -0.1) is 22.7 Å². The van der Waals surface area contributed by atoms with E-state index < -0.39 is 0 Å². The standard InChI is InChI=1S/C20H12O2S2/c1-5-15-7-11-19(23-15)20-12-8-16(24-20)6-2-14-4-10-18(22-14)17-9-3-13(1)21-17/h1-12H/b5-1?,6-2?,13-1-,14-2-,15-5-,16-6-,18-17-,20-19-. The Bertz CT molecular complexity index is 1230. The summed E-state index contributed by atoms with van der Waals surface area (Å²) in [6.07, 6.45) is 8.17. The van der Waals surface area contributed by atoms with Gasteiger partial charge < -0.3 is 8.83 Å². The molecule has 0 amide bonds. The minimum Gasteiger partial charge on any atom is -0.453 e. The third kappa shape index (κ3) is 2.50. The van der Waals surface area contributed by atoms with Crippen LogP contribution < -0.4 is 19.9 Å². The molecule has 5 heterocycles. The van der Waals surface area contributed by atoms with Crippen LogP contribution in [-0.4, -0.2) is 0 Å². The van der Waals surface area contributed by atoms with Crippen molar-refractivity contribution in [2.75, 3.05) is 0 Å². The summed E-state index contributed by atoms with van der Waals surface area (Å²) in [5, 5.41) is 0. The van der Waals surface area contributed by atoms with Crippen LogP contribution in [0.25, 0.3) is 24.3 Å². The van der Waals surface area contributed by atoms with Gasteiger partial charge in [0, 0.05) is 18.1 Å². The fraction of sp³-hybridized carbons (Fsp3) is 0. The van der Waals surface area contributed by atoms with Crippen LogP contribution in [0.4, 0.5) is 0 Å². The molecule has 0 radical (unpaired) electrons. The minimum atomic E-state index is 0.742. The Labute approximate surface area is 144 Å². The number of hydrogen-bond acceptors (Lipinski definition) is 4. The normalized spacial score (nSPS) is 21.3. The first-order valence-electron chi connectivity index (χ1n) is 7.60. The molecule has 0 fully saturated rings. The van der Waals surface area contributed by atoms with Gasteiger partial charge in [0.15, 0.2) is 10.8 Å². The van der Waals surface area contributed by atoms with E-state index in [2.05, 4.69) is 36.4 Å². The predicted octanol–water partition coefficient (Wildman–Crippen LogP) is 2.41. The average molecular weight is 348 g/mol. The molecule has 8 bridgehead atoms. The molecule has 0 saturated heterocycles. The summed E-state index contributed by atoms with van der Waals surface area (Å²) >= 11 is 3.57. The topological polar surface area (TPSA) is 26.3 Å². The van der Waals surface area contributed by atoms with Gasteiger partial charge in [-0.1, -0.05) is 0 Å². The summed E-state index contributed by atoms with van der Waals surface area (Å²) in [7, 11) is 0. The molecule has 4 aromatic heterocycles. The second-order valence-corrected chi connectivity index (χ2v) is 7.71. The van der Waals surface area contributed by atoms with Crippen LogP contribution >= 0.6 is 22.7 Å². The summed E-state index contributed by atoms with van der Waals surface area (Å²) < 4.78 is 16.7. The summed E-state index contributed by atoms with van der Waals surface area (Å²) in [6.45, 7) is 0. The molecule has 0 aromatic carbocycles. The highest BCUT2D eigenvalue weighted by Crippen LogP contribution is 2.03. The van der Waals surface area contributed by atoms with E-state index >= 15 is 0 Å². The SMILES string of the molecule is C1=c2/cc/c(o2)=c2\cc/c(o2)=C/C=c2/cc/c(s2)=c2\cc/c(s2)=C/1. The maximum atomic E-state index is 5.86. The van der Waals surface area contributed by atoms with Crippen LogP contribution in [0.2, 0.25) is 0 Å². The molecule has 4 aromatic rings. The fourth-order valence-electron chi connectivity index (χ4n) is 2.63. The van der Waals surface area contributed by atoms with E-state index in [1.54, 1.807) is 22.7 Å². The van der Waals surface area contributed by atoms with E-state index in [9.17, 15) is 0 Å². The Morgan fingerprint density at radius 2 is 1.00 bits per heavy atom. The average Bonchev–Trinajstić information content (AvgIpc) is 3.37. The van der Waals surface area contributed by atoms with Gasteiger partial charge in [0.05, 0.1) is 0 Å². The number of thiophene rings is 2. The minimum absolute atomic E-state index is 0.742. The molecule has 0 aliphatic carbocycles. The summed E-state index contributed by atoms with van der Waals surface area (Å²) in [5.41, 5.74) is 3.12. The molecule has 0 saturated carbocycles. The van der Waals surface area contributed by atoms with Crippen molar-refractivity contribution in [3.63, 3.8) is 0 Å². The van der Waals surface area contributed by atoms with Gasteiger partial charge in [0.25, 0.3) is 0 Å². The van der Waals surface area contributed by atoms with Gasteiger partial charge in [0.2, 0.25) is 0 Å². The maximum Gasteiger partial charge on any atom is 0.170 e. The van der Waals surface area contributed by atoms with Crippen molar-refractivity contribution < 1.29 is 8.83 Å². The summed E-state index contributed by atoms with van der Waals surface area (Å²) in [4.78, 5) is 0. The summed E-state index contributed by atoms with van der Waals surface area (Å²) in [6, 6.07) is 16.4. The molecule has 1 aliphatic heterocycles. The number of rotatable bonds is 0. The largest absolute Gasteiger partial charge is 0.453 e. The molecular formula is C20H12O2S2. The van der Waals surface area contributed by atoms with Crippen LogP contribution in [0.5, 0.6) is 0 Å². The van der Waals surface area contributed by atoms with E-state index in [1.807, 2.05) is 36.4 Å². The molecule has 0 spiro atoms. The molecule has 2 nitrogen and oxygen atoms in total. The Morgan fingerprint density at radius 3 is 1.50 bits per heavy atom. The van der Waals surface area contributed by atoms with Crippen molar-refractivity contribution in [1.29, 1.82) is 0 Å². The van der Waals surface area contributed by atoms with Gasteiger partial charge in [-0.25, -0.2) is 0 Å². The zero-order valence-electron chi connectivity index (χ0n) is 12.6. The number of furan rings is 2. The van der Waals surface area contributed by atoms with Crippen LogP contribution in [0, 0.1) is 19.9 Å². The molecule has 116 valence electrons. The molecule has 0 N–H and O–H groups in total. The van der Waals surface area contributed by atoms with E-state index in [1.165, 1.54) is 18.1 Å². The smallest absolute Gasteiger partial charge is 0.170 e. The molecule has 4 heteroatoms. The van der Waals surface area contributed by atoms with E-state index in [-0.39, 0.29) is 0 Å². The lowest BCUT2D eigenvalue weighted by Crippen LogP contribution is -1.94. The highest BCUT2D eigenvalue weighted by Gasteiger charge is 1.94. The first kappa shape index (κ1) is 13.8. The highest BCUT2D eigenvalue weighted by atomic mass is 32.1. The fourth-order valence-corrected chi connectivity index (χ4v) is 4.54. The Hall–Kier alpha value is -2.56. The highest BCUT2D eigenvalue weighted by molar-refractivity contribution is 7.11. The van der Waals surface area contributed by atoms with E-state index in [0.29, 0.717) is 0 Å². The predicted molar refractivity (Wildman–Crippen MR) is 97.8 cm³/mol. The van der Waals surface area contributed by atoms with Crippen LogP contribution in [0.1, 0.15) is 0 Å². The molecule has 24 heavy (non-hydrogen) atoms.